The summed E-state index contributed by atoms with van der Waals surface area (Å²) >= 11 is 0. The van der Waals surface area contributed by atoms with Crippen molar-refractivity contribution in [3.05, 3.63) is 42.2 Å². The van der Waals surface area contributed by atoms with Gasteiger partial charge in [-0.15, -0.1) is 0 Å². The summed E-state index contributed by atoms with van der Waals surface area (Å²) in [6.45, 7) is 8.97. The minimum Gasteiger partial charge on any atom is -0.369 e. The Labute approximate surface area is 117 Å². The SMILES string of the molecule is C/C=C\C(=NCC)C(OC)c1ccccn1.CCC. The number of aliphatic imine (C=N–C) groups is 1. The molecule has 0 saturated heterocycles. The molecule has 0 N–H and O–H groups in total. The number of allylic oxidation sites excluding steroid dienone is 1. The number of aromatic nitrogens is 1. The van der Waals surface area contributed by atoms with Gasteiger partial charge in [-0.25, -0.2) is 0 Å². The van der Waals surface area contributed by atoms with Gasteiger partial charge in [0, 0.05) is 19.9 Å². The Hall–Kier alpha value is -1.48. The van der Waals surface area contributed by atoms with Gasteiger partial charge in [-0.3, -0.25) is 9.98 Å². The molecule has 0 radical (unpaired) electrons. The Morgan fingerprint density at radius 3 is 2.47 bits per heavy atom. The summed E-state index contributed by atoms with van der Waals surface area (Å²) in [4.78, 5) is 8.72. The third kappa shape index (κ3) is 6.87. The zero-order valence-corrected chi connectivity index (χ0v) is 12.8. The molecule has 3 nitrogen and oxygen atoms in total. The average molecular weight is 262 g/mol. The second kappa shape index (κ2) is 11.6. The van der Waals surface area contributed by atoms with Crippen LogP contribution in [0.4, 0.5) is 0 Å². The number of ether oxygens (including phenoxy) is 1. The highest BCUT2D eigenvalue weighted by Gasteiger charge is 2.15. The molecule has 0 spiro atoms. The molecule has 0 aliphatic rings. The van der Waals surface area contributed by atoms with Crippen molar-refractivity contribution in [2.24, 2.45) is 4.99 Å². The molecule has 1 unspecified atom stereocenters. The van der Waals surface area contributed by atoms with Crippen LogP contribution in [0.2, 0.25) is 0 Å². The molecule has 0 aliphatic heterocycles. The largest absolute Gasteiger partial charge is 0.369 e. The molecule has 0 bridgehead atoms. The molecule has 1 aromatic heterocycles. The molecule has 1 atom stereocenters. The molecule has 0 aromatic carbocycles. The highest BCUT2D eigenvalue weighted by atomic mass is 16.5. The van der Waals surface area contributed by atoms with E-state index in [1.807, 2.05) is 44.2 Å². The van der Waals surface area contributed by atoms with Crippen LogP contribution in [0.5, 0.6) is 0 Å². The van der Waals surface area contributed by atoms with Crippen molar-refractivity contribution in [2.75, 3.05) is 13.7 Å². The molecule has 0 saturated carbocycles. The van der Waals surface area contributed by atoms with Gasteiger partial charge in [0.15, 0.2) is 0 Å². The minimum absolute atomic E-state index is 0.183. The third-order valence-electron chi connectivity index (χ3n) is 2.14. The number of hydrogen-bond acceptors (Lipinski definition) is 3. The third-order valence-corrected chi connectivity index (χ3v) is 2.14. The van der Waals surface area contributed by atoms with Crippen LogP contribution in [0.25, 0.3) is 0 Å². The van der Waals surface area contributed by atoms with E-state index in [1.54, 1.807) is 13.3 Å². The van der Waals surface area contributed by atoms with Crippen LogP contribution in [0.1, 0.15) is 45.9 Å². The zero-order valence-electron chi connectivity index (χ0n) is 12.8. The number of methoxy groups -OCH3 is 1. The molecule has 19 heavy (non-hydrogen) atoms. The first-order valence-corrected chi connectivity index (χ1v) is 6.85. The zero-order chi connectivity index (χ0) is 14.5. The molecule has 1 heterocycles. The van der Waals surface area contributed by atoms with Gasteiger partial charge < -0.3 is 4.74 Å². The van der Waals surface area contributed by atoms with E-state index in [0.29, 0.717) is 0 Å². The van der Waals surface area contributed by atoms with Gasteiger partial charge in [-0.2, -0.15) is 0 Å². The Kier molecular flexibility index (Phi) is 10.7. The summed E-state index contributed by atoms with van der Waals surface area (Å²) < 4.78 is 5.46. The molecule has 0 aliphatic carbocycles. The smallest absolute Gasteiger partial charge is 0.140 e. The van der Waals surface area contributed by atoms with Gasteiger partial charge in [-0.1, -0.05) is 32.4 Å². The van der Waals surface area contributed by atoms with Gasteiger partial charge in [-0.05, 0) is 32.1 Å². The molecule has 1 aromatic rings. The normalized spacial score (nSPS) is 13.0. The van der Waals surface area contributed by atoms with Gasteiger partial charge in [0.05, 0.1) is 11.4 Å². The number of hydrogen-bond donors (Lipinski definition) is 0. The van der Waals surface area contributed by atoms with E-state index < -0.39 is 0 Å². The Morgan fingerprint density at radius 2 is 2.05 bits per heavy atom. The maximum atomic E-state index is 5.46. The summed E-state index contributed by atoms with van der Waals surface area (Å²) in [6.07, 6.45) is 6.76. The second-order valence-corrected chi connectivity index (χ2v) is 3.98. The summed E-state index contributed by atoms with van der Waals surface area (Å²) in [5.41, 5.74) is 1.79. The van der Waals surface area contributed by atoms with Gasteiger partial charge >= 0.3 is 0 Å². The molecule has 1 rings (SSSR count). The van der Waals surface area contributed by atoms with Crippen molar-refractivity contribution < 1.29 is 4.74 Å². The number of nitrogens with zero attached hydrogens (tertiary/aromatic N) is 2. The van der Waals surface area contributed by atoms with Crippen LogP contribution in [-0.2, 0) is 4.74 Å². The van der Waals surface area contributed by atoms with Crippen molar-refractivity contribution in [1.82, 2.24) is 4.98 Å². The van der Waals surface area contributed by atoms with Crippen molar-refractivity contribution in [3.8, 4) is 0 Å². The van der Waals surface area contributed by atoms with Crippen LogP contribution in [0, 0.1) is 0 Å². The molecule has 0 amide bonds. The summed E-state index contributed by atoms with van der Waals surface area (Å²) in [7, 11) is 1.67. The second-order valence-electron chi connectivity index (χ2n) is 3.98. The van der Waals surface area contributed by atoms with Crippen molar-refractivity contribution in [3.63, 3.8) is 0 Å². The van der Waals surface area contributed by atoms with E-state index >= 15 is 0 Å². The van der Waals surface area contributed by atoms with Gasteiger partial charge in [0.25, 0.3) is 0 Å². The molecular weight excluding hydrogens is 236 g/mol. The van der Waals surface area contributed by atoms with E-state index in [2.05, 4.69) is 23.8 Å². The van der Waals surface area contributed by atoms with E-state index in [9.17, 15) is 0 Å². The van der Waals surface area contributed by atoms with Gasteiger partial charge in [0.1, 0.15) is 6.10 Å². The van der Waals surface area contributed by atoms with Crippen LogP contribution in [0.3, 0.4) is 0 Å². The summed E-state index contributed by atoms with van der Waals surface area (Å²) in [5.74, 6) is 0. The van der Waals surface area contributed by atoms with Crippen molar-refractivity contribution in [2.45, 2.75) is 40.2 Å². The lowest BCUT2D eigenvalue weighted by atomic mass is 10.1. The summed E-state index contributed by atoms with van der Waals surface area (Å²) in [5, 5.41) is 0. The van der Waals surface area contributed by atoms with E-state index in [1.165, 1.54) is 6.42 Å². The highest BCUT2D eigenvalue weighted by Crippen LogP contribution is 2.16. The lowest BCUT2D eigenvalue weighted by Crippen LogP contribution is -2.14. The fraction of sp³-hybridized carbons (Fsp3) is 0.500. The Morgan fingerprint density at radius 1 is 1.37 bits per heavy atom. The molecular formula is C16H26N2O. The first-order valence-electron chi connectivity index (χ1n) is 6.85. The minimum atomic E-state index is -0.183. The maximum Gasteiger partial charge on any atom is 0.140 e. The highest BCUT2D eigenvalue weighted by molar-refractivity contribution is 5.98. The van der Waals surface area contributed by atoms with E-state index in [-0.39, 0.29) is 6.10 Å². The maximum absolute atomic E-state index is 5.46. The lowest BCUT2D eigenvalue weighted by molar-refractivity contribution is 0.155. The quantitative estimate of drug-likeness (QED) is 0.744. The first-order chi connectivity index (χ1) is 9.24. The molecule has 3 heteroatoms. The first kappa shape index (κ1) is 17.5. The predicted molar refractivity (Wildman–Crippen MR) is 82.7 cm³/mol. The van der Waals surface area contributed by atoms with Crippen molar-refractivity contribution in [1.29, 1.82) is 0 Å². The van der Waals surface area contributed by atoms with Crippen LogP contribution in [-0.4, -0.2) is 24.4 Å². The van der Waals surface area contributed by atoms with Gasteiger partial charge in [0.2, 0.25) is 0 Å². The van der Waals surface area contributed by atoms with Crippen LogP contribution < -0.4 is 0 Å². The predicted octanol–water partition coefficient (Wildman–Crippen LogP) is 4.22. The monoisotopic (exact) mass is 262 g/mol. The molecule has 106 valence electrons. The van der Waals surface area contributed by atoms with Crippen LogP contribution in [0.15, 0.2) is 41.5 Å². The average Bonchev–Trinajstić information content (AvgIpc) is 2.42. The Balaban J connectivity index is 0.000000982. The lowest BCUT2D eigenvalue weighted by Gasteiger charge is -2.14. The van der Waals surface area contributed by atoms with Crippen LogP contribution >= 0.6 is 0 Å². The number of rotatable bonds is 5. The van der Waals surface area contributed by atoms with E-state index in [4.69, 9.17) is 4.74 Å². The Bertz CT molecular complexity index is 372. The topological polar surface area (TPSA) is 34.5 Å². The standard InChI is InChI=1S/C13H18N2O.C3H8/c1-4-8-11(14-5-2)13(16-3)12-9-6-7-10-15-12;1-3-2/h4,6-10,13H,5H2,1-3H3;3H2,1-2H3/b8-4-,14-11?;. The number of pyridine rings is 1. The summed E-state index contributed by atoms with van der Waals surface area (Å²) in [6, 6.07) is 5.79. The van der Waals surface area contributed by atoms with Crippen molar-refractivity contribution >= 4 is 5.71 Å². The fourth-order valence-corrected chi connectivity index (χ4v) is 1.50. The van der Waals surface area contributed by atoms with E-state index in [0.717, 1.165) is 18.0 Å². The molecule has 0 fully saturated rings. The fourth-order valence-electron chi connectivity index (χ4n) is 1.50.